The van der Waals surface area contributed by atoms with E-state index in [1.807, 2.05) is 42.5 Å². The second-order valence-electron chi connectivity index (χ2n) is 3.93. The average molecular weight is 220 g/mol. The number of hydrogen-bond donors (Lipinski definition) is 0. The van der Waals surface area contributed by atoms with Gasteiger partial charge in [0.25, 0.3) is 0 Å². The predicted octanol–water partition coefficient (Wildman–Crippen LogP) is 4.60. The second-order valence-corrected chi connectivity index (χ2v) is 3.93. The summed E-state index contributed by atoms with van der Waals surface area (Å²) in [5.74, 6) is 0.884. The highest BCUT2D eigenvalue weighted by atomic mass is 16.3. The van der Waals surface area contributed by atoms with Crippen LogP contribution in [0.25, 0.3) is 23.1 Å². The normalized spacial score (nSPS) is 11.3. The third-order valence-electron chi connectivity index (χ3n) is 2.68. The topological polar surface area (TPSA) is 13.1 Å². The molecule has 0 aliphatic heterocycles. The van der Waals surface area contributed by atoms with Gasteiger partial charge in [-0.3, -0.25) is 0 Å². The molecule has 0 atom stereocenters. The summed E-state index contributed by atoms with van der Waals surface area (Å²) in [4.78, 5) is 0. The molecule has 1 heterocycles. The Kier molecular flexibility index (Phi) is 2.51. The van der Waals surface area contributed by atoms with Gasteiger partial charge in [-0.05, 0) is 23.8 Å². The van der Waals surface area contributed by atoms with E-state index >= 15 is 0 Å². The molecular weight excluding hydrogens is 208 g/mol. The molecule has 82 valence electrons. The van der Waals surface area contributed by atoms with E-state index in [0.29, 0.717) is 0 Å². The van der Waals surface area contributed by atoms with Gasteiger partial charge in [0.2, 0.25) is 0 Å². The maximum absolute atomic E-state index is 5.70. The minimum Gasteiger partial charge on any atom is -0.457 e. The fourth-order valence-electron chi connectivity index (χ4n) is 1.83. The molecule has 0 bridgehead atoms. The van der Waals surface area contributed by atoms with Gasteiger partial charge < -0.3 is 4.42 Å². The minimum atomic E-state index is 0.884. The number of rotatable bonds is 2. The summed E-state index contributed by atoms with van der Waals surface area (Å²) < 4.78 is 5.70. The minimum absolute atomic E-state index is 0.884. The molecule has 0 N–H and O–H groups in total. The van der Waals surface area contributed by atoms with Crippen molar-refractivity contribution in [2.45, 2.75) is 0 Å². The summed E-state index contributed by atoms with van der Waals surface area (Å²) in [7, 11) is 0. The number of para-hydroxylation sites is 1. The Bertz CT molecular complexity index is 614. The summed E-state index contributed by atoms with van der Waals surface area (Å²) in [6, 6.07) is 20.3. The lowest BCUT2D eigenvalue weighted by Gasteiger charge is -1.89. The monoisotopic (exact) mass is 220 g/mol. The van der Waals surface area contributed by atoms with Crippen molar-refractivity contribution in [2.75, 3.05) is 0 Å². The van der Waals surface area contributed by atoms with Crippen LogP contribution < -0.4 is 0 Å². The summed E-state index contributed by atoms with van der Waals surface area (Å²) in [5, 5.41) is 1.14. The Hall–Kier alpha value is -2.28. The molecule has 0 unspecified atom stereocenters. The molecule has 1 aromatic heterocycles. The Morgan fingerprint density at radius 2 is 1.53 bits per heavy atom. The molecule has 17 heavy (non-hydrogen) atoms. The third kappa shape index (κ3) is 2.13. The highest BCUT2D eigenvalue weighted by Crippen LogP contribution is 2.20. The molecule has 3 rings (SSSR count). The van der Waals surface area contributed by atoms with E-state index in [2.05, 4.69) is 30.3 Å². The van der Waals surface area contributed by atoms with E-state index in [0.717, 1.165) is 16.7 Å². The molecule has 0 saturated carbocycles. The molecule has 3 aromatic rings. The summed E-state index contributed by atoms with van der Waals surface area (Å²) in [6.07, 6.45) is 4.05. The molecule has 0 aliphatic rings. The Labute approximate surface area is 100 Å². The first-order valence-corrected chi connectivity index (χ1v) is 5.63. The summed E-state index contributed by atoms with van der Waals surface area (Å²) >= 11 is 0. The molecule has 0 aliphatic carbocycles. The number of fused-ring (bicyclic) bond motifs is 1. The molecule has 1 heteroatoms. The lowest BCUT2D eigenvalue weighted by atomic mass is 10.2. The second kappa shape index (κ2) is 4.30. The van der Waals surface area contributed by atoms with Crippen molar-refractivity contribution >= 4 is 23.1 Å². The standard InChI is InChI=1S/C16H12O/c1-2-6-13(7-3-1)10-11-15-12-14-8-4-5-9-16(14)17-15/h1-12H/b11-10+. The van der Waals surface area contributed by atoms with E-state index in [9.17, 15) is 0 Å². The van der Waals surface area contributed by atoms with Crippen LogP contribution in [0.5, 0.6) is 0 Å². The van der Waals surface area contributed by atoms with Crippen molar-refractivity contribution in [3.05, 3.63) is 72.0 Å². The van der Waals surface area contributed by atoms with Crippen LogP contribution >= 0.6 is 0 Å². The van der Waals surface area contributed by atoms with Crippen LogP contribution in [0.2, 0.25) is 0 Å². The van der Waals surface area contributed by atoms with Crippen LogP contribution in [0, 0.1) is 0 Å². The SMILES string of the molecule is C(=C\c1cc2ccccc2o1)/c1ccccc1. The molecular formula is C16H12O. The molecule has 0 spiro atoms. The molecule has 0 radical (unpaired) electrons. The van der Waals surface area contributed by atoms with Crippen LogP contribution in [0.4, 0.5) is 0 Å². The quantitative estimate of drug-likeness (QED) is 0.615. The van der Waals surface area contributed by atoms with Crippen LogP contribution in [0.1, 0.15) is 11.3 Å². The number of furan rings is 1. The Morgan fingerprint density at radius 1 is 0.765 bits per heavy atom. The van der Waals surface area contributed by atoms with Gasteiger partial charge in [0, 0.05) is 5.39 Å². The maximum atomic E-state index is 5.70. The maximum Gasteiger partial charge on any atom is 0.134 e. The zero-order chi connectivity index (χ0) is 11.5. The van der Waals surface area contributed by atoms with Gasteiger partial charge in [-0.1, -0.05) is 54.6 Å². The predicted molar refractivity (Wildman–Crippen MR) is 71.6 cm³/mol. The average Bonchev–Trinajstić information content (AvgIpc) is 2.80. The third-order valence-corrected chi connectivity index (χ3v) is 2.68. The van der Waals surface area contributed by atoms with E-state index in [4.69, 9.17) is 4.42 Å². The Balaban J connectivity index is 1.92. The van der Waals surface area contributed by atoms with Crippen molar-refractivity contribution in [1.82, 2.24) is 0 Å². The number of hydrogen-bond acceptors (Lipinski definition) is 1. The van der Waals surface area contributed by atoms with Crippen molar-refractivity contribution in [1.29, 1.82) is 0 Å². The van der Waals surface area contributed by atoms with E-state index in [1.54, 1.807) is 0 Å². The highest BCUT2D eigenvalue weighted by molar-refractivity contribution is 5.81. The number of benzene rings is 2. The van der Waals surface area contributed by atoms with E-state index in [1.165, 1.54) is 5.56 Å². The largest absolute Gasteiger partial charge is 0.457 e. The smallest absolute Gasteiger partial charge is 0.134 e. The van der Waals surface area contributed by atoms with Gasteiger partial charge in [-0.2, -0.15) is 0 Å². The van der Waals surface area contributed by atoms with Crippen LogP contribution in [-0.2, 0) is 0 Å². The molecule has 0 fully saturated rings. The molecule has 0 amide bonds. The van der Waals surface area contributed by atoms with Crippen LogP contribution in [-0.4, -0.2) is 0 Å². The first-order valence-electron chi connectivity index (χ1n) is 5.63. The first kappa shape index (κ1) is 9.91. The fraction of sp³-hybridized carbons (Fsp3) is 0. The lowest BCUT2D eigenvalue weighted by molar-refractivity contribution is 0.604. The van der Waals surface area contributed by atoms with Gasteiger partial charge in [0.1, 0.15) is 11.3 Å². The lowest BCUT2D eigenvalue weighted by Crippen LogP contribution is -1.67. The molecule has 2 aromatic carbocycles. The van der Waals surface area contributed by atoms with Crippen molar-refractivity contribution < 1.29 is 4.42 Å². The zero-order valence-electron chi connectivity index (χ0n) is 9.34. The van der Waals surface area contributed by atoms with Crippen LogP contribution in [0.3, 0.4) is 0 Å². The van der Waals surface area contributed by atoms with E-state index in [-0.39, 0.29) is 0 Å². The first-order chi connectivity index (χ1) is 8.42. The summed E-state index contributed by atoms with van der Waals surface area (Å²) in [6.45, 7) is 0. The van der Waals surface area contributed by atoms with Gasteiger partial charge in [0.05, 0.1) is 0 Å². The summed E-state index contributed by atoms with van der Waals surface area (Å²) in [5.41, 5.74) is 2.10. The van der Waals surface area contributed by atoms with E-state index < -0.39 is 0 Å². The fourth-order valence-corrected chi connectivity index (χ4v) is 1.83. The van der Waals surface area contributed by atoms with Gasteiger partial charge in [-0.25, -0.2) is 0 Å². The molecule has 1 nitrogen and oxygen atoms in total. The van der Waals surface area contributed by atoms with Crippen LogP contribution in [0.15, 0.2) is 65.1 Å². The van der Waals surface area contributed by atoms with Crippen molar-refractivity contribution in [2.24, 2.45) is 0 Å². The Morgan fingerprint density at radius 3 is 2.35 bits per heavy atom. The zero-order valence-corrected chi connectivity index (χ0v) is 9.34. The highest BCUT2D eigenvalue weighted by Gasteiger charge is 1.98. The van der Waals surface area contributed by atoms with Gasteiger partial charge in [0.15, 0.2) is 0 Å². The van der Waals surface area contributed by atoms with Crippen molar-refractivity contribution in [3.8, 4) is 0 Å². The van der Waals surface area contributed by atoms with Crippen molar-refractivity contribution in [3.63, 3.8) is 0 Å². The van der Waals surface area contributed by atoms with Gasteiger partial charge >= 0.3 is 0 Å². The molecule has 0 saturated heterocycles. The van der Waals surface area contributed by atoms with Gasteiger partial charge in [-0.15, -0.1) is 0 Å².